The van der Waals surface area contributed by atoms with E-state index in [0.29, 0.717) is 25.1 Å². The van der Waals surface area contributed by atoms with Crippen LogP contribution in [0.1, 0.15) is 90.9 Å². The molecular weight excluding hydrogens is 326 g/mol. The molecular formula is C19H40ClNO3. The summed E-state index contributed by atoms with van der Waals surface area (Å²) in [7, 11) is 0. The van der Waals surface area contributed by atoms with Crippen molar-refractivity contribution in [1.29, 1.82) is 0 Å². The number of unbranched alkanes of at least 4 members (excludes halogenated alkanes) is 6. The molecule has 0 saturated carbocycles. The minimum Gasteiger partial charge on any atom is -0.391 e. The lowest BCUT2D eigenvalue weighted by molar-refractivity contribution is -0.0874. The van der Waals surface area contributed by atoms with Gasteiger partial charge in [0.1, 0.15) is 0 Å². The maximum absolute atomic E-state index is 10.6. The molecule has 0 bridgehead atoms. The second kappa shape index (κ2) is 14.3. The monoisotopic (exact) mass is 365 g/mol. The minimum absolute atomic E-state index is 0.489. The maximum Gasteiger partial charge on any atom is 0.0942 e. The van der Waals surface area contributed by atoms with Gasteiger partial charge in [0, 0.05) is 5.88 Å². The number of alkyl halides is 1. The van der Waals surface area contributed by atoms with Crippen molar-refractivity contribution in [3.63, 3.8) is 0 Å². The molecule has 3 unspecified atom stereocenters. The summed E-state index contributed by atoms with van der Waals surface area (Å²) in [6.45, 7) is 4.21. The molecule has 0 amide bonds. The molecule has 0 fully saturated rings. The Hall–Kier alpha value is 0.130. The van der Waals surface area contributed by atoms with E-state index < -0.39 is 23.9 Å². The fourth-order valence-corrected chi connectivity index (χ4v) is 3.39. The Morgan fingerprint density at radius 1 is 0.708 bits per heavy atom. The zero-order valence-corrected chi connectivity index (χ0v) is 16.5. The van der Waals surface area contributed by atoms with Gasteiger partial charge in [0.15, 0.2) is 0 Å². The molecule has 0 heterocycles. The first-order valence-corrected chi connectivity index (χ1v) is 10.4. The highest BCUT2D eigenvalue weighted by molar-refractivity contribution is 6.17. The summed E-state index contributed by atoms with van der Waals surface area (Å²) in [4.78, 5) is 0. The second-order valence-electron chi connectivity index (χ2n) is 7.08. The molecule has 0 aromatic heterocycles. The maximum atomic E-state index is 10.6. The van der Waals surface area contributed by atoms with Crippen LogP contribution < -0.4 is 5.73 Å². The van der Waals surface area contributed by atoms with E-state index >= 15 is 0 Å². The van der Waals surface area contributed by atoms with Crippen molar-refractivity contribution in [2.75, 3.05) is 5.88 Å². The number of nitrogens with two attached hydrogens (primary N) is 1. The van der Waals surface area contributed by atoms with Crippen LogP contribution >= 0.6 is 11.6 Å². The average Bonchev–Trinajstić information content (AvgIpc) is 2.57. The summed E-state index contributed by atoms with van der Waals surface area (Å²) in [5.41, 5.74) is 5.09. The molecule has 0 saturated heterocycles. The summed E-state index contributed by atoms with van der Waals surface area (Å²) >= 11 is 5.68. The SMILES string of the molecule is CCCCCC(O)C(N)(C(O)CCCCC)C(O)CCCCCCl. The molecule has 3 atom stereocenters. The van der Waals surface area contributed by atoms with Crippen molar-refractivity contribution >= 4 is 11.6 Å². The lowest BCUT2D eigenvalue weighted by atomic mass is 9.76. The van der Waals surface area contributed by atoms with Gasteiger partial charge in [-0.25, -0.2) is 0 Å². The highest BCUT2D eigenvalue weighted by Crippen LogP contribution is 2.28. The van der Waals surface area contributed by atoms with E-state index in [1.165, 1.54) is 0 Å². The molecule has 4 nitrogen and oxygen atoms in total. The van der Waals surface area contributed by atoms with Crippen LogP contribution in [0.2, 0.25) is 0 Å². The Morgan fingerprint density at radius 2 is 1.08 bits per heavy atom. The van der Waals surface area contributed by atoms with Crippen LogP contribution in [0.25, 0.3) is 0 Å². The van der Waals surface area contributed by atoms with E-state index in [9.17, 15) is 15.3 Å². The number of aliphatic hydroxyl groups is 3. The summed E-state index contributed by atoms with van der Waals surface area (Å²) in [5.74, 6) is 0.614. The fraction of sp³-hybridized carbons (Fsp3) is 1.00. The molecule has 0 radical (unpaired) electrons. The van der Waals surface area contributed by atoms with Gasteiger partial charge in [-0.3, -0.25) is 0 Å². The zero-order chi connectivity index (χ0) is 18.4. The average molecular weight is 366 g/mol. The van der Waals surface area contributed by atoms with E-state index in [0.717, 1.165) is 57.8 Å². The third kappa shape index (κ3) is 8.48. The summed E-state index contributed by atoms with van der Waals surface area (Å²) < 4.78 is 0. The number of hydrogen-bond acceptors (Lipinski definition) is 4. The van der Waals surface area contributed by atoms with Crippen molar-refractivity contribution in [3.05, 3.63) is 0 Å². The van der Waals surface area contributed by atoms with Crippen molar-refractivity contribution in [1.82, 2.24) is 0 Å². The third-order valence-electron chi connectivity index (χ3n) is 5.00. The van der Waals surface area contributed by atoms with Gasteiger partial charge < -0.3 is 21.1 Å². The van der Waals surface area contributed by atoms with Gasteiger partial charge in [-0.2, -0.15) is 0 Å². The normalized spacial score (nSPS) is 18.1. The summed E-state index contributed by atoms with van der Waals surface area (Å²) in [6, 6.07) is 0. The number of halogens is 1. The van der Waals surface area contributed by atoms with Gasteiger partial charge >= 0.3 is 0 Å². The second-order valence-corrected chi connectivity index (χ2v) is 7.46. The van der Waals surface area contributed by atoms with E-state index in [1.54, 1.807) is 0 Å². The molecule has 0 aliphatic heterocycles. The molecule has 0 aliphatic carbocycles. The minimum atomic E-state index is -1.34. The predicted octanol–water partition coefficient (Wildman–Crippen LogP) is 3.73. The zero-order valence-electron chi connectivity index (χ0n) is 15.7. The predicted molar refractivity (Wildman–Crippen MR) is 102 cm³/mol. The first-order chi connectivity index (χ1) is 11.4. The van der Waals surface area contributed by atoms with Crippen LogP contribution in [0.4, 0.5) is 0 Å². The van der Waals surface area contributed by atoms with E-state index in [4.69, 9.17) is 17.3 Å². The Labute approximate surface area is 153 Å². The van der Waals surface area contributed by atoms with Crippen LogP contribution in [0.15, 0.2) is 0 Å². The number of hydrogen-bond donors (Lipinski definition) is 4. The summed E-state index contributed by atoms with van der Waals surface area (Å²) in [6.07, 6.45) is 7.37. The smallest absolute Gasteiger partial charge is 0.0942 e. The standard InChI is InChI=1S/C19H40ClNO3/c1-3-5-8-12-16(22)19(21,17(23)13-9-6-4-2)18(24)14-10-7-11-15-20/h16-18,22-24H,3-15,21H2,1-2H3. The van der Waals surface area contributed by atoms with Crippen molar-refractivity contribution in [2.45, 2.75) is 115 Å². The molecule has 0 spiro atoms. The molecule has 0 aromatic carbocycles. The number of aliphatic hydroxyl groups excluding tert-OH is 3. The van der Waals surface area contributed by atoms with Crippen molar-refractivity contribution in [2.24, 2.45) is 5.73 Å². The van der Waals surface area contributed by atoms with Gasteiger partial charge in [0.05, 0.1) is 23.9 Å². The van der Waals surface area contributed by atoms with Crippen LogP contribution in [0.3, 0.4) is 0 Å². The highest BCUT2D eigenvalue weighted by atomic mass is 35.5. The molecule has 5 heteroatoms. The van der Waals surface area contributed by atoms with Crippen LogP contribution in [-0.4, -0.2) is 45.1 Å². The van der Waals surface area contributed by atoms with Crippen LogP contribution in [0, 0.1) is 0 Å². The fourth-order valence-electron chi connectivity index (χ4n) is 3.20. The first kappa shape index (κ1) is 24.1. The first-order valence-electron chi connectivity index (χ1n) is 9.84. The molecule has 146 valence electrons. The van der Waals surface area contributed by atoms with Gasteiger partial charge in [-0.05, 0) is 25.7 Å². The number of rotatable bonds is 16. The highest BCUT2D eigenvalue weighted by Gasteiger charge is 2.45. The van der Waals surface area contributed by atoms with E-state index in [-0.39, 0.29) is 0 Å². The topological polar surface area (TPSA) is 86.7 Å². The lowest BCUT2D eigenvalue weighted by Crippen LogP contribution is -2.66. The van der Waals surface area contributed by atoms with Crippen molar-refractivity contribution < 1.29 is 15.3 Å². The van der Waals surface area contributed by atoms with Gasteiger partial charge in [0.2, 0.25) is 0 Å². The molecule has 5 N–H and O–H groups in total. The van der Waals surface area contributed by atoms with Gasteiger partial charge in [-0.1, -0.05) is 65.2 Å². The van der Waals surface area contributed by atoms with Crippen LogP contribution in [0.5, 0.6) is 0 Å². The summed E-state index contributed by atoms with van der Waals surface area (Å²) in [5, 5.41) is 31.9. The van der Waals surface area contributed by atoms with E-state index in [1.807, 2.05) is 0 Å². The lowest BCUT2D eigenvalue weighted by Gasteiger charge is -2.42. The molecule has 0 aliphatic rings. The Bertz CT molecular complexity index is 276. The quantitative estimate of drug-likeness (QED) is 0.248. The largest absolute Gasteiger partial charge is 0.391 e. The molecule has 0 aromatic rings. The third-order valence-corrected chi connectivity index (χ3v) is 5.27. The van der Waals surface area contributed by atoms with Crippen LogP contribution in [-0.2, 0) is 0 Å². The molecule has 24 heavy (non-hydrogen) atoms. The molecule has 0 rings (SSSR count). The Morgan fingerprint density at radius 3 is 1.42 bits per heavy atom. The van der Waals surface area contributed by atoms with E-state index in [2.05, 4.69) is 13.8 Å². The van der Waals surface area contributed by atoms with Crippen molar-refractivity contribution in [3.8, 4) is 0 Å². The Balaban J connectivity index is 4.82. The van der Waals surface area contributed by atoms with Gasteiger partial charge in [0.25, 0.3) is 0 Å². The van der Waals surface area contributed by atoms with Gasteiger partial charge in [-0.15, -0.1) is 11.6 Å². The Kier molecular flexibility index (Phi) is 14.4.